The van der Waals surface area contributed by atoms with Crippen LogP contribution in [0.15, 0.2) is 24.3 Å². The fraction of sp³-hybridized carbons (Fsp3) is 0.222. The molecule has 15 heavy (non-hydrogen) atoms. The Morgan fingerprint density at radius 3 is 2.47 bits per heavy atom. The molecule has 0 spiro atoms. The second kappa shape index (κ2) is 4.92. The van der Waals surface area contributed by atoms with Gasteiger partial charge in [0, 0.05) is 6.42 Å². The zero-order valence-corrected chi connectivity index (χ0v) is 9.68. The van der Waals surface area contributed by atoms with Crippen LogP contribution in [0, 0.1) is 0 Å². The Bertz CT molecular complexity index is 360. The van der Waals surface area contributed by atoms with E-state index < -0.39 is 9.95 Å². The van der Waals surface area contributed by atoms with Gasteiger partial charge in [0.1, 0.15) is 5.75 Å². The van der Waals surface area contributed by atoms with Gasteiger partial charge in [-0.25, -0.2) is 4.79 Å². The monoisotopic (exact) mass is 268 g/mol. The van der Waals surface area contributed by atoms with Gasteiger partial charge >= 0.3 is 6.16 Å². The van der Waals surface area contributed by atoms with Crippen molar-refractivity contribution in [3.8, 4) is 5.75 Å². The van der Waals surface area contributed by atoms with E-state index in [2.05, 4.69) is 4.74 Å². The Morgan fingerprint density at radius 1 is 1.33 bits per heavy atom. The highest BCUT2D eigenvalue weighted by Gasteiger charge is 2.22. The van der Waals surface area contributed by atoms with Gasteiger partial charge in [0.05, 0.1) is 0 Å². The summed E-state index contributed by atoms with van der Waals surface area (Å²) in [6.07, 6.45) is -1.31. The maximum atomic E-state index is 10.4. The Morgan fingerprint density at radius 2 is 1.93 bits per heavy atom. The molecule has 0 amide bonds. The molecule has 0 fully saturated rings. The summed E-state index contributed by atoms with van der Waals surface area (Å²) < 4.78 is 3.06. The van der Waals surface area contributed by atoms with Gasteiger partial charge in [-0.1, -0.05) is 53.0 Å². The number of para-hydroxylation sites is 1. The minimum atomic E-state index is -1.47. The predicted molar refractivity (Wildman–Crippen MR) is 59.1 cm³/mol. The molecular weight excluding hydrogens is 262 g/mol. The molecule has 1 aromatic rings. The molecule has 0 aliphatic carbocycles. The zero-order valence-electron chi connectivity index (χ0n) is 7.41. The fourth-order valence-corrected chi connectivity index (χ4v) is 1.49. The number of rotatable bonds is 2. The van der Waals surface area contributed by atoms with Gasteiger partial charge in [-0.3, -0.25) is 0 Å². The summed E-state index contributed by atoms with van der Waals surface area (Å²) in [5, 5.41) is 8.47. The van der Waals surface area contributed by atoms with E-state index in [1.54, 1.807) is 18.2 Å². The molecule has 6 heteroatoms. The summed E-state index contributed by atoms with van der Waals surface area (Å²) in [5.74, 6) is 0.177. The molecule has 1 aromatic carbocycles. The van der Waals surface area contributed by atoms with Crippen LogP contribution in [0.4, 0.5) is 4.79 Å². The fourth-order valence-electron chi connectivity index (χ4n) is 1.06. The van der Waals surface area contributed by atoms with Crippen molar-refractivity contribution >= 4 is 41.0 Å². The summed E-state index contributed by atoms with van der Waals surface area (Å²) in [5.41, 5.74) is 0.528. The number of hydrogen-bond acceptors (Lipinski definition) is 2. The van der Waals surface area contributed by atoms with Gasteiger partial charge in [0.2, 0.25) is 0 Å². The van der Waals surface area contributed by atoms with Crippen molar-refractivity contribution in [1.82, 2.24) is 0 Å². The quantitative estimate of drug-likeness (QED) is 0.506. The summed E-state index contributed by atoms with van der Waals surface area (Å²) in [7, 11) is 0. The molecule has 0 atom stereocenters. The molecular formula is C9H7Cl3O3. The molecule has 0 saturated heterocycles. The second-order valence-electron chi connectivity index (χ2n) is 2.77. The predicted octanol–water partition coefficient (Wildman–Crippen LogP) is 3.66. The van der Waals surface area contributed by atoms with E-state index in [1.807, 2.05) is 0 Å². The van der Waals surface area contributed by atoms with Crippen LogP contribution in [0.1, 0.15) is 5.56 Å². The SMILES string of the molecule is O=C(O)Oc1ccccc1CC(Cl)(Cl)Cl. The smallest absolute Gasteiger partial charge is 0.449 e. The van der Waals surface area contributed by atoms with E-state index in [9.17, 15) is 4.79 Å². The largest absolute Gasteiger partial charge is 0.511 e. The van der Waals surface area contributed by atoms with Gasteiger partial charge in [0.25, 0.3) is 0 Å². The van der Waals surface area contributed by atoms with E-state index in [4.69, 9.17) is 39.9 Å². The summed E-state index contributed by atoms with van der Waals surface area (Å²) in [4.78, 5) is 10.4. The van der Waals surface area contributed by atoms with Crippen LogP contribution in [0.3, 0.4) is 0 Å². The lowest BCUT2D eigenvalue weighted by molar-refractivity contribution is 0.144. The molecule has 82 valence electrons. The van der Waals surface area contributed by atoms with Crippen LogP contribution in [0.25, 0.3) is 0 Å². The van der Waals surface area contributed by atoms with Gasteiger partial charge in [-0.05, 0) is 11.6 Å². The van der Waals surface area contributed by atoms with Crippen molar-refractivity contribution in [3.05, 3.63) is 29.8 Å². The number of hydrogen-bond donors (Lipinski definition) is 1. The van der Waals surface area contributed by atoms with E-state index in [0.29, 0.717) is 5.56 Å². The topological polar surface area (TPSA) is 46.5 Å². The summed E-state index contributed by atoms with van der Waals surface area (Å²) in [6, 6.07) is 6.49. The molecule has 0 bridgehead atoms. The number of benzene rings is 1. The third-order valence-corrected chi connectivity index (χ3v) is 1.96. The number of carboxylic acid groups (broad SMARTS) is 1. The minimum absolute atomic E-state index is 0.0844. The molecule has 0 aliphatic rings. The van der Waals surface area contributed by atoms with Gasteiger partial charge in [-0.2, -0.15) is 0 Å². The van der Waals surface area contributed by atoms with Crippen molar-refractivity contribution in [1.29, 1.82) is 0 Å². The van der Waals surface area contributed by atoms with Crippen LogP contribution in [0.2, 0.25) is 0 Å². The molecule has 0 saturated carbocycles. The molecule has 0 aliphatic heterocycles. The first kappa shape index (κ1) is 12.4. The Kier molecular flexibility index (Phi) is 4.08. The van der Waals surface area contributed by atoms with E-state index in [1.165, 1.54) is 6.07 Å². The highest BCUT2D eigenvalue weighted by molar-refractivity contribution is 6.67. The Balaban J connectivity index is 2.91. The van der Waals surface area contributed by atoms with Gasteiger partial charge in [-0.15, -0.1) is 0 Å². The van der Waals surface area contributed by atoms with Gasteiger partial charge in [0.15, 0.2) is 3.79 Å². The number of carbonyl (C=O) groups is 1. The third kappa shape index (κ3) is 4.60. The normalized spacial score (nSPS) is 11.1. The number of alkyl halides is 3. The molecule has 1 N–H and O–H groups in total. The number of ether oxygens (including phenoxy) is 1. The van der Waals surface area contributed by atoms with Crippen LogP contribution < -0.4 is 4.74 Å². The number of halogens is 3. The van der Waals surface area contributed by atoms with Crippen LogP contribution >= 0.6 is 34.8 Å². The van der Waals surface area contributed by atoms with E-state index >= 15 is 0 Å². The molecule has 0 radical (unpaired) electrons. The van der Waals surface area contributed by atoms with E-state index in [0.717, 1.165) is 0 Å². The van der Waals surface area contributed by atoms with Crippen molar-refractivity contribution in [2.75, 3.05) is 0 Å². The van der Waals surface area contributed by atoms with Gasteiger partial charge < -0.3 is 9.84 Å². The van der Waals surface area contributed by atoms with Crippen molar-refractivity contribution in [2.24, 2.45) is 0 Å². The molecule has 0 heterocycles. The zero-order chi connectivity index (χ0) is 11.5. The Hall–Kier alpha value is -0.640. The van der Waals surface area contributed by atoms with E-state index in [-0.39, 0.29) is 12.2 Å². The first-order chi connectivity index (χ1) is 6.88. The summed E-state index contributed by atoms with van der Waals surface area (Å²) >= 11 is 16.8. The highest BCUT2D eigenvalue weighted by atomic mass is 35.6. The Labute approximate surface area is 102 Å². The first-order valence-electron chi connectivity index (χ1n) is 3.94. The molecule has 1 rings (SSSR count). The molecule has 3 nitrogen and oxygen atoms in total. The lowest BCUT2D eigenvalue weighted by atomic mass is 10.1. The van der Waals surface area contributed by atoms with Crippen molar-refractivity contribution in [2.45, 2.75) is 10.2 Å². The maximum Gasteiger partial charge on any atom is 0.511 e. The van der Waals surface area contributed by atoms with Crippen molar-refractivity contribution in [3.63, 3.8) is 0 Å². The minimum Gasteiger partial charge on any atom is -0.449 e. The highest BCUT2D eigenvalue weighted by Crippen LogP contribution is 2.33. The van der Waals surface area contributed by atoms with Crippen LogP contribution in [-0.4, -0.2) is 15.1 Å². The van der Waals surface area contributed by atoms with Crippen LogP contribution in [0.5, 0.6) is 5.75 Å². The average molecular weight is 270 g/mol. The lowest BCUT2D eigenvalue weighted by Gasteiger charge is -2.13. The summed E-state index contributed by atoms with van der Waals surface area (Å²) in [6.45, 7) is 0. The lowest BCUT2D eigenvalue weighted by Crippen LogP contribution is -2.10. The molecule has 0 unspecified atom stereocenters. The first-order valence-corrected chi connectivity index (χ1v) is 5.07. The maximum absolute atomic E-state index is 10.4. The third-order valence-electron chi connectivity index (χ3n) is 1.56. The average Bonchev–Trinajstić information content (AvgIpc) is 2.05. The second-order valence-corrected chi connectivity index (χ2v) is 5.28. The van der Waals surface area contributed by atoms with Crippen LogP contribution in [-0.2, 0) is 6.42 Å². The molecule has 0 aromatic heterocycles. The standard InChI is InChI=1S/C9H7Cl3O3/c10-9(11,12)5-6-3-1-2-4-7(6)15-8(13)14/h1-4H,5H2,(H,13,14). The van der Waals surface area contributed by atoms with Crippen molar-refractivity contribution < 1.29 is 14.6 Å².